The van der Waals surface area contributed by atoms with Crippen LogP contribution in [0.25, 0.3) is 0 Å². The summed E-state index contributed by atoms with van der Waals surface area (Å²) in [6, 6.07) is 7.94. The lowest BCUT2D eigenvalue weighted by Gasteiger charge is -2.36. The summed E-state index contributed by atoms with van der Waals surface area (Å²) in [5, 5.41) is 9.48. The highest BCUT2D eigenvalue weighted by atomic mass is 16.3. The zero-order chi connectivity index (χ0) is 11.6. The topological polar surface area (TPSA) is 23.5 Å². The van der Waals surface area contributed by atoms with Gasteiger partial charge in [0.25, 0.3) is 0 Å². The van der Waals surface area contributed by atoms with Gasteiger partial charge in [-0.2, -0.15) is 0 Å². The Bertz CT molecular complexity index is 331. The van der Waals surface area contributed by atoms with Crippen molar-refractivity contribution >= 4 is 0 Å². The van der Waals surface area contributed by atoms with Crippen LogP contribution in [0.1, 0.15) is 26.3 Å². The Labute approximate surface area is 92.5 Å². The van der Waals surface area contributed by atoms with E-state index in [0.717, 1.165) is 0 Å². The van der Waals surface area contributed by atoms with E-state index in [1.54, 1.807) is 6.07 Å². The van der Waals surface area contributed by atoms with E-state index in [9.17, 15) is 5.11 Å². The van der Waals surface area contributed by atoms with E-state index in [4.69, 9.17) is 0 Å². The number of aromatic hydroxyl groups is 1. The quantitative estimate of drug-likeness (QED) is 0.823. The van der Waals surface area contributed by atoms with E-state index in [1.807, 2.05) is 12.1 Å². The average molecular weight is 207 g/mol. The predicted octanol–water partition coefficient (Wildman–Crippen LogP) is 2.62. The molecule has 0 aliphatic rings. The molecule has 0 heterocycles. The molecule has 1 aromatic carbocycles. The molecule has 0 aliphatic heterocycles. The van der Waals surface area contributed by atoms with Crippen LogP contribution in [0.2, 0.25) is 0 Å². The van der Waals surface area contributed by atoms with Gasteiger partial charge in [0.15, 0.2) is 0 Å². The first kappa shape index (κ1) is 12.1. The van der Waals surface area contributed by atoms with Gasteiger partial charge in [-0.1, -0.05) is 26.0 Å². The molecule has 0 bridgehead atoms. The second kappa shape index (κ2) is 4.23. The first-order valence-corrected chi connectivity index (χ1v) is 5.31. The summed E-state index contributed by atoms with van der Waals surface area (Å²) >= 11 is 0. The molecule has 1 atom stereocenters. The minimum absolute atomic E-state index is 0.0300. The summed E-state index contributed by atoms with van der Waals surface area (Å²) in [5.41, 5.74) is 1.20. The normalized spacial score (nSPS) is 14.3. The Hall–Kier alpha value is -1.02. The van der Waals surface area contributed by atoms with Crippen LogP contribution in [0.5, 0.6) is 5.75 Å². The molecule has 0 amide bonds. The van der Waals surface area contributed by atoms with Crippen molar-refractivity contribution in [3.63, 3.8) is 0 Å². The molecule has 0 aliphatic carbocycles. The molecule has 1 rings (SSSR count). The summed E-state index contributed by atoms with van der Waals surface area (Å²) in [6.07, 6.45) is 0. The van der Waals surface area contributed by atoms with Gasteiger partial charge in [0.05, 0.1) is 0 Å². The molecule has 1 aromatic rings. The molecule has 1 N–H and O–H groups in total. The van der Waals surface area contributed by atoms with Gasteiger partial charge in [-0.3, -0.25) is 0 Å². The van der Waals surface area contributed by atoms with E-state index in [2.05, 4.69) is 45.8 Å². The Morgan fingerprint density at radius 1 is 1.27 bits per heavy atom. The van der Waals surface area contributed by atoms with E-state index in [-0.39, 0.29) is 5.41 Å². The van der Waals surface area contributed by atoms with E-state index >= 15 is 0 Å². The summed E-state index contributed by atoms with van der Waals surface area (Å²) in [7, 11) is 4.16. The van der Waals surface area contributed by atoms with Crippen LogP contribution < -0.4 is 0 Å². The Morgan fingerprint density at radius 2 is 1.87 bits per heavy atom. The lowest BCUT2D eigenvalue weighted by atomic mass is 9.78. The molecule has 0 saturated heterocycles. The number of rotatable bonds is 3. The van der Waals surface area contributed by atoms with Crippen LogP contribution in [0, 0.1) is 0 Å². The zero-order valence-electron chi connectivity index (χ0n) is 10.3. The number of phenols is 1. The van der Waals surface area contributed by atoms with Crippen molar-refractivity contribution < 1.29 is 5.11 Å². The molecule has 84 valence electrons. The second-order valence-electron chi connectivity index (χ2n) is 4.91. The molecular formula is C13H21NO. The third-order valence-electron chi connectivity index (χ3n) is 3.41. The van der Waals surface area contributed by atoms with Crippen LogP contribution in [0.4, 0.5) is 0 Å². The second-order valence-corrected chi connectivity index (χ2v) is 4.91. The molecule has 0 radical (unpaired) electrons. The lowest BCUT2D eigenvalue weighted by Crippen LogP contribution is -2.41. The molecular weight excluding hydrogens is 186 g/mol. The number of hydrogen-bond acceptors (Lipinski definition) is 2. The van der Waals surface area contributed by atoms with Crippen LogP contribution in [0.15, 0.2) is 24.3 Å². The fourth-order valence-corrected chi connectivity index (χ4v) is 1.79. The molecule has 2 heteroatoms. The summed E-state index contributed by atoms with van der Waals surface area (Å²) in [5.74, 6) is 0.339. The first-order chi connectivity index (χ1) is 6.85. The molecule has 15 heavy (non-hydrogen) atoms. The maximum Gasteiger partial charge on any atom is 0.115 e. The highest BCUT2D eigenvalue weighted by molar-refractivity contribution is 5.33. The van der Waals surface area contributed by atoms with Crippen molar-refractivity contribution in [1.82, 2.24) is 4.90 Å². The molecule has 0 fully saturated rings. The predicted molar refractivity (Wildman–Crippen MR) is 64.3 cm³/mol. The van der Waals surface area contributed by atoms with Crippen LogP contribution in [-0.2, 0) is 5.41 Å². The molecule has 0 aromatic heterocycles. The summed E-state index contributed by atoms with van der Waals surface area (Å²) in [4.78, 5) is 2.20. The van der Waals surface area contributed by atoms with Crippen molar-refractivity contribution in [3.05, 3.63) is 29.8 Å². The van der Waals surface area contributed by atoms with E-state index < -0.39 is 0 Å². The van der Waals surface area contributed by atoms with Crippen molar-refractivity contribution in [1.29, 1.82) is 0 Å². The number of nitrogens with zero attached hydrogens (tertiary/aromatic N) is 1. The SMILES string of the molecule is CC(N(C)C)C(C)(C)c1cccc(O)c1. The van der Waals surface area contributed by atoms with Gasteiger partial charge in [0, 0.05) is 11.5 Å². The van der Waals surface area contributed by atoms with Gasteiger partial charge < -0.3 is 10.0 Å². The van der Waals surface area contributed by atoms with Gasteiger partial charge in [-0.05, 0) is 38.7 Å². The van der Waals surface area contributed by atoms with Crippen molar-refractivity contribution in [2.45, 2.75) is 32.2 Å². The Morgan fingerprint density at radius 3 is 2.33 bits per heavy atom. The van der Waals surface area contributed by atoms with E-state index in [0.29, 0.717) is 11.8 Å². The average Bonchev–Trinajstić information content (AvgIpc) is 2.16. The monoisotopic (exact) mass is 207 g/mol. The lowest BCUT2D eigenvalue weighted by molar-refractivity contribution is 0.216. The van der Waals surface area contributed by atoms with Gasteiger partial charge in [-0.15, -0.1) is 0 Å². The Balaban J connectivity index is 3.05. The van der Waals surface area contributed by atoms with Crippen molar-refractivity contribution in [2.75, 3.05) is 14.1 Å². The number of hydrogen-bond donors (Lipinski definition) is 1. The maximum atomic E-state index is 9.48. The van der Waals surface area contributed by atoms with Gasteiger partial charge >= 0.3 is 0 Å². The smallest absolute Gasteiger partial charge is 0.115 e. The minimum atomic E-state index is 0.0300. The number of benzene rings is 1. The standard InChI is InChI=1S/C13H21NO/c1-10(14(4)5)13(2,3)11-7-6-8-12(15)9-11/h6-10,15H,1-5H3. The van der Waals surface area contributed by atoms with Crippen molar-refractivity contribution in [3.8, 4) is 5.75 Å². The largest absolute Gasteiger partial charge is 0.508 e. The van der Waals surface area contributed by atoms with Crippen LogP contribution in [-0.4, -0.2) is 30.1 Å². The molecule has 2 nitrogen and oxygen atoms in total. The third-order valence-corrected chi connectivity index (χ3v) is 3.41. The molecule has 1 unspecified atom stereocenters. The van der Waals surface area contributed by atoms with Gasteiger partial charge in [0.1, 0.15) is 5.75 Å². The minimum Gasteiger partial charge on any atom is -0.508 e. The first-order valence-electron chi connectivity index (χ1n) is 5.31. The highest BCUT2D eigenvalue weighted by Crippen LogP contribution is 2.30. The molecule has 0 saturated carbocycles. The Kier molecular flexibility index (Phi) is 3.40. The van der Waals surface area contributed by atoms with Crippen molar-refractivity contribution in [2.24, 2.45) is 0 Å². The summed E-state index contributed by atoms with van der Waals surface area (Å²) < 4.78 is 0. The molecule has 0 spiro atoms. The zero-order valence-corrected chi connectivity index (χ0v) is 10.3. The number of likely N-dealkylation sites (N-methyl/N-ethyl adjacent to an activating group) is 1. The highest BCUT2D eigenvalue weighted by Gasteiger charge is 2.29. The van der Waals surface area contributed by atoms with Crippen LogP contribution >= 0.6 is 0 Å². The third kappa shape index (κ3) is 2.51. The van der Waals surface area contributed by atoms with Gasteiger partial charge in [-0.25, -0.2) is 0 Å². The van der Waals surface area contributed by atoms with Crippen LogP contribution in [0.3, 0.4) is 0 Å². The summed E-state index contributed by atoms with van der Waals surface area (Å²) in [6.45, 7) is 6.60. The maximum absolute atomic E-state index is 9.48. The van der Waals surface area contributed by atoms with E-state index in [1.165, 1.54) is 5.56 Å². The fourth-order valence-electron chi connectivity index (χ4n) is 1.79. The van der Waals surface area contributed by atoms with Gasteiger partial charge in [0.2, 0.25) is 0 Å². The fraction of sp³-hybridized carbons (Fsp3) is 0.538. The number of phenolic OH excluding ortho intramolecular Hbond substituents is 1.